The van der Waals surface area contributed by atoms with Gasteiger partial charge in [-0.05, 0) is 65.4 Å². The standard InChI is InChI=1S/C25H30BrN3O4S/c1-3-24(30)29-12-10-19-13-21(26)23(14-22(19)29)34(32,33)28-11-4-5-20(16-28)25(31)27-15-18-8-6-17(2)7-9-18/h6-9,13-14,20H,3-5,10-12,15-16H2,1-2H3,(H,27,31)/t20-/m0/s1. The predicted molar refractivity (Wildman–Crippen MR) is 135 cm³/mol. The van der Waals surface area contributed by atoms with Crippen molar-refractivity contribution < 1.29 is 18.0 Å². The fourth-order valence-electron chi connectivity index (χ4n) is 4.59. The van der Waals surface area contributed by atoms with Crippen molar-refractivity contribution in [3.63, 3.8) is 0 Å². The Morgan fingerprint density at radius 1 is 1.15 bits per heavy atom. The van der Waals surface area contributed by atoms with Crippen LogP contribution in [-0.4, -0.2) is 44.2 Å². The summed E-state index contributed by atoms with van der Waals surface area (Å²) in [6, 6.07) is 11.4. The van der Waals surface area contributed by atoms with Gasteiger partial charge in [-0.3, -0.25) is 9.59 Å². The van der Waals surface area contributed by atoms with Gasteiger partial charge in [-0.2, -0.15) is 4.31 Å². The molecule has 2 amide bonds. The van der Waals surface area contributed by atoms with Gasteiger partial charge in [0.05, 0.1) is 10.8 Å². The number of benzene rings is 2. The molecule has 0 saturated carbocycles. The Balaban J connectivity index is 1.50. The van der Waals surface area contributed by atoms with Gasteiger partial charge in [-0.15, -0.1) is 0 Å². The number of hydrogen-bond donors (Lipinski definition) is 1. The molecule has 4 rings (SSSR count). The van der Waals surface area contributed by atoms with E-state index in [2.05, 4.69) is 21.2 Å². The van der Waals surface area contributed by atoms with E-state index in [1.807, 2.05) is 31.2 Å². The lowest BCUT2D eigenvalue weighted by atomic mass is 9.98. The number of carbonyl (C=O) groups excluding carboxylic acids is 2. The maximum absolute atomic E-state index is 13.6. The van der Waals surface area contributed by atoms with Crippen LogP contribution in [0.1, 0.15) is 42.9 Å². The van der Waals surface area contributed by atoms with E-state index in [0.717, 1.165) is 16.7 Å². The molecule has 0 spiro atoms. The number of sulfonamides is 1. The predicted octanol–water partition coefficient (Wildman–Crippen LogP) is 3.77. The number of aryl methyl sites for hydroxylation is 1. The van der Waals surface area contributed by atoms with E-state index in [9.17, 15) is 18.0 Å². The highest BCUT2D eigenvalue weighted by atomic mass is 79.9. The second kappa shape index (κ2) is 10.2. The highest BCUT2D eigenvalue weighted by molar-refractivity contribution is 9.10. The van der Waals surface area contributed by atoms with E-state index in [-0.39, 0.29) is 23.3 Å². The van der Waals surface area contributed by atoms with Gasteiger partial charge >= 0.3 is 0 Å². The third-order valence-corrected chi connectivity index (χ3v) is 9.42. The highest BCUT2D eigenvalue weighted by Gasteiger charge is 2.36. The molecule has 1 N–H and O–H groups in total. The Bertz CT molecular complexity index is 1200. The summed E-state index contributed by atoms with van der Waals surface area (Å²) in [6.45, 7) is 5.30. The summed E-state index contributed by atoms with van der Waals surface area (Å²) in [5.74, 6) is -0.554. The van der Waals surface area contributed by atoms with Crippen LogP contribution in [0, 0.1) is 12.8 Å². The van der Waals surface area contributed by atoms with Gasteiger partial charge in [0.2, 0.25) is 21.8 Å². The van der Waals surface area contributed by atoms with Crippen molar-refractivity contribution >= 4 is 43.5 Å². The topological polar surface area (TPSA) is 86.8 Å². The van der Waals surface area contributed by atoms with Crippen LogP contribution in [0.3, 0.4) is 0 Å². The molecule has 2 aromatic carbocycles. The van der Waals surface area contributed by atoms with Gasteiger partial charge in [-0.1, -0.05) is 36.8 Å². The molecule has 2 aliphatic heterocycles. The number of carbonyl (C=O) groups is 2. The summed E-state index contributed by atoms with van der Waals surface area (Å²) >= 11 is 3.44. The van der Waals surface area contributed by atoms with Crippen molar-refractivity contribution in [2.45, 2.75) is 51.0 Å². The van der Waals surface area contributed by atoms with Crippen LogP contribution in [0.2, 0.25) is 0 Å². The Kier molecular flexibility index (Phi) is 7.45. The van der Waals surface area contributed by atoms with Gasteiger partial charge in [0.1, 0.15) is 0 Å². The van der Waals surface area contributed by atoms with Crippen LogP contribution >= 0.6 is 15.9 Å². The molecule has 34 heavy (non-hydrogen) atoms. The minimum Gasteiger partial charge on any atom is -0.352 e. The summed E-state index contributed by atoms with van der Waals surface area (Å²) in [6.07, 6.45) is 2.33. The Morgan fingerprint density at radius 2 is 1.88 bits per heavy atom. The molecule has 2 aromatic rings. The zero-order chi connectivity index (χ0) is 24.5. The van der Waals surface area contributed by atoms with Crippen LogP contribution in [-0.2, 0) is 32.6 Å². The summed E-state index contributed by atoms with van der Waals surface area (Å²) in [4.78, 5) is 27.0. The molecule has 9 heteroatoms. The molecule has 0 radical (unpaired) electrons. The lowest BCUT2D eigenvalue weighted by molar-refractivity contribution is -0.126. The van der Waals surface area contributed by atoms with E-state index < -0.39 is 15.9 Å². The molecule has 182 valence electrons. The number of nitrogens with one attached hydrogen (secondary N) is 1. The van der Waals surface area contributed by atoms with Crippen molar-refractivity contribution in [1.82, 2.24) is 9.62 Å². The number of fused-ring (bicyclic) bond motifs is 1. The van der Waals surface area contributed by atoms with Gasteiger partial charge in [0, 0.05) is 42.8 Å². The molecular formula is C25H30BrN3O4S. The first kappa shape index (κ1) is 24.9. The maximum Gasteiger partial charge on any atom is 0.244 e. The first-order valence-corrected chi connectivity index (χ1v) is 13.9. The number of anilines is 1. The van der Waals surface area contributed by atoms with Crippen molar-refractivity contribution in [3.8, 4) is 0 Å². The average Bonchev–Trinajstić information content (AvgIpc) is 3.25. The molecule has 0 bridgehead atoms. The quantitative estimate of drug-likeness (QED) is 0.596. The number of halogens is 1. The van der Waals surface area contributed by atoms with Crippen LogP contribution in [0.25, 0.3) is 0 Å². The van der Waals surface area contributed by atoms with E-state index in [4.69, 9.17) is 0 Å². The molecule has 7 nitrogen and oxygen atoms in total. The monoisotopic (exact) mass is 547 g/mol. The number of amides is 2. The molecule has 0 aromatic heterocycles. The molecule has 2 aliphatic rings. The number of nitrogens with zero attached hydrogens (tertiary/aromatic N) is 2. The molecular weight excluding hydrogens is 518 g/mol. The molecule has 1 saturated heterocycles. The second-order valence-electron chi connectivity index (χ2n) is 8.97. The Morgan fingerprint density at radius 3 is 2.59 bits per heavy atom. The second-order valence-corrected chi connectivity index (χ2v) is 11.7. The minimum atomic E-state index is -3.84. The fraction of sp³-hybridized carbons (Fsp3) is 0.440. The lowest BCUT2D eigenvalue weighted by Crippen LogP contribution is -2.45. The highest BCUT2D eigenvalue weighted by Crippen LogP contribution is 2.37. The van der Waals surface area contributed by atoms with Crippen molar-refractivity contribution in [2.24, 2.45) is 5.92 Å². The summed E-state index contributed by atoms with van der Waals surface area (Å²) < 4.78 is 29.1. The zero-order valence-corrected chi connectivity index (χ0v) is 21.9. The molecule has 2 heterocycles. The first-order valence-electron chi connectivity index (χ1n) is 11.7. The van der Waals surface area contributed by atoms with E-state index >= 15 is 0 Å². The third kappa shape index (κ3) is 5.06. The van der Waals surface area contributed by atoms with Crippen LogP contribution in [0.5, 0.6) is 0 Å². The summed E-state index contributed by atoms with van der Waals surface area (Å²) in [5.41, 5.74) is 3.79. The molecule has 0 unspecified atom stereocenters. The van der Waals surface area contributed by atoms with E-state index in [0.29, 0.717) is 55.5 Å². The summed E-state index contributed by atoms with van der Waals surface area (Å²) in [7, 11) is -3.84. The third-order valence-electron chi connectivity index (χ3n) is 6.59. The van der Waals surface area contributed by atoms with Crippen LogP contribution in [0.15, 0.2) is 45.8 Å². The van der Waals surface area contributed by atoms with Crippen LogP contribution < -0.4 is 10.2 Å². The summed E-state index contributed by atoms with van der Waals surface area (Å²) in [5, 5.41) is 2.96. The van der Waals surface area contributed by atoms with E-state index in [1.165, 1.54) is 4.31 Å². The SMILES string of the molecule is CCC(=O)N1CCc2cc(Br)c(S(=O)(=O)N3CCC[C@H](C(=O)NCc4ccc(C)cc4)C3)cc21. The minimum absolute atomic E-state index is 0.0206. The number of piperidine rings is 1. The zero-order valence-electron chi connectivity index (χ0n) is 19.5. The normalized spacial score (nSPS) is 18.6. The van der Waals surface area contributed by atoms with Gasteiger partial charge in [0.15, 0.2) is 0 Å². The Hall–Kier alpha value is -2.23. The van der Waals surface area contributed by atoms with Crippen molar-refractivity contribution in [2.75, 3.05) is 24.5 Å². The lowest BCUT2D eigenvalue weighted by Gasteiger charge is -2.31. The Labute approximate surface area is 209 Å². The van der Waals surface area contributed by atoms with E-state index in [1.54, 1.807) is 24.0 Å². The largest absolute Gasteiger partial charge is 0.352 e. The molecule has 1 atom stereocenters. The smallest absolute Gasteiger partial charge is 0.244 e. The fourth-order valence-corrected chi connectivity index (χ4v) is 7.18. The van der Waals surface area contributed by atoms with Gasteiger partial charge in [0.25, 0.3) is 0 Å². The van der Waals surface area contributed by atoms with Gasteiger partial charge < -0.3 is 10.2 Å². The van der Waals surface area contributed by atoms with Crippen LogP contribution in [0.4, 0.5) is 5.69 Å². The molecule has 1 fully saturated rings. The van der Waals surface area contributed by atoms with Crippen molar-refractivity contribution in [3.05, 3.63) is 57.6 Å². The molecule has 0 aliphatic carbocycles. The number of rotatable bonds is 6. The van der Waals surface area contributed by atoms with Crippen molar-refractivity contribution in [1.29, 1.82) is 0 Å². The maximum atomic E-state index is 13.6. The van der Waals surface area contributed by atoms with Gasteiger partial charge in [-0.25, -0.2) is 8.42 Å². The average molecular weight is 549 g/mol. The first-order chi connectivity index (χ1) is 16.2. The number of hydrogen-bond acceptors (Lipinski definition) is 4.